The molecule has 0 amide bonds. The predicted molar refractivity (Wildman–Crippen MR) is 325 cm³/mol. The van der Waals surface area contributed by atoms with Crippen molar-refractivity contribution in [1.29, 1.82) is 0 Å². The Morgan fingerprint density at radius 2 is 0.731 bits per heavy atom. The summed E-state index contributed by atoms with van der Waals surface area (Å²) in [6, 6.07) is 84.7. The van der Waals surface area contributed by atoms with Crippen LogP contribution in [-0.2, 0) is 14.3 Å². The molecule has 0 saturated heterocycles. The summed E-state index contributed by atoms with van der Waals surface area (Å²) in [6.45, 7) is 12.7. The van der Waals surface area contributed by atoms with E-state index in [0.717, 1.165) is 79.7 Å². The molecule has 1 heterocycles. The van der Waals surface area contributed by atoms with Crippen molar-refractivity contribution in [2.45, 2.75) is 6.92 Å². The number of ether oxygens (including phenoxy) is 2. The minimum Gasteiger partial charge on any atom is -0.424 e. The first-order valence-electron chi connectivity index (χ1n) is 25.5. The zero-order valence-electron chi connectivity index (χ0n) is 43.0. The molecule has 0 aliphatic carbocycles. The molecule has 10 aromatic rings. The maximum atomic E-state index is 11.8. The van der Waals surface area contributed by atoms with Gasteiger partial charge in [0, 0.05) is 56.0 Å². The minimum absolute atomic E-state index is 0.222. The molecule has 0 atom stereocenters. The van der Waals surface area contributed by atoms with Crippen LogP contribution in [0.2, 0.25) is 0 Å². The number of thiophene rings is 1. The molecule has 378 valence electrons. The highest BCUT2D eigenvalue weighted by Gasteiger charge is 2.17. The Balaban J connectivity index is 0.913. The molecule has 0 saturated carbocycles. The van der Waals surface area contributed by atoms with Gasteiger partial charge in [-0.1, -0.05) is 177 Å². The fourth-order valence-corrected chi connectivity index (χ4v) is 10.2. The first kappa shape index (κ1) is 51.4. The van der Waals surface area contributed by atoms with E-state index in [-0.39, 0.29) is 5.76 Å². The van der Waals surface area contributed by atoms with E-state index in [2.05, 4.69) is 236 Å². The average molecular weight is 1030 g/mol. The van der Waals surface area contributed by atoms with Crippen molar-refractivity contribution in [3.8, 4) is 60.0 Å². The highest BCUT2D eigenvalue weighted by molar-refractivity contribution is 7.18. The summed E-state index contributed by atoms with van der Waals surface area (Å²) in [5.41, 5.74) is 17.0. The number of nitrogens with zero attached hydrogens (tertiary/aromatic N) is 2. The minimum atomic E-state index is -0.560. The number of carbonyl (C=O) groups excluding carboxylic acids is 2. The van der Waals surface area contributed by atoms with Crippen LogP contribution in [0.25, 0.3) is 59.8 Å². The summed E-state index contributed by atoms with van der Waals surface area (Å²) in [5.74, 6) is -0.386. The van der Waals surface area contributed by atoms with Gasteiger partial charge in [0.05, 0.1) is 0 Å². The molecule has 9 aromatic carbocycles. The molecule has 0 bridgehead atoms. The van der Waals surface area contributed by atoms with E-state index < -0.39 is 11.9 Å². The largest absolute Gasteiger partial charge is 0.424 e. The van der Waals surface area contributed by atoms with Gasteiger partial charge in [0.1, 0.15) is 11.5 Å². The van der Waals surface area contributed by atoms with Gasteiger partial charge in [0.2, 0.25) is 0 Å². The quantitative estimate of drug-likeness (QED) is 0.0281. The third-order valence-electron chi connectivity index (χ3n) is 13.2. The molecule has 0 N–H and O–H groups in total. The number of carbonyl (C=O) groups is 2. The van der Waals surface area contributed by atoms with Gasteiger partial charge in [-0.3, -0.25) is 0 Å². The van der Waals surface area contributed by atoms with Crippen molar-refractivity contribution in [2.24, 2.45) is 0 Å². The van der Waals surface area contributed by atoms with E-state index in [4.69, 9.17) is 9.47 Å². The summed E-state index contributed by atoms with van der Waals surface area (Å²) in [5, 5.41) is 0. The van der Waals surface area contributed by atoms with Gasteiger partial charge in [-0.05, 0) is 166 Å². The summed E-state index contributed by atoms with van der Waals surface area (Å²) < 4.78 is 10.5. The van der Waals surface area contributed by atoms with Crippen LogP contribution < -0.4 is 14.5 Å². The number of rotatable bonds is 18. The van der Waals surface area contributed by atoms with Crippen LogP contribution in [0.15, 0.2) is 299 Å². The van der Waals surface area contributed by atoms with Crippen molar-refractivity contribution in [3.05, 3.63) is 304 Å². The maximum absolute atomic E-state index is 11.8. The van der Waals surface area contributed by atoms with E-state index in [1.54, 1.807) is 29.5 Å². The zero-order chi connectivity index (χ0) is 53.8. The highest BCUT2D eigenvalue weighted by atomic mass is 32.1. The van der Waals surface area contributed by atoms with Gasteiger partial charge in [-0.25, -0.2) is 9.59 Å². The lowest BCUT2D eigenvalue weighted by molar-refractivity contribution is -0.133. The summed E-state index contributed by atoms with van der Waals surface area (Å²) in [6.07, 6.45) is 7.79. The van der Waals surface area contributed by atoms with Crippen molar-refractivity contribution < 1.29 is 19.1 Å². The Labute approximate surface area is 460 Å². The Morgan fingerprint density at radius 3 is 1.09 bits per heavy atom. The fourth-order valence-electron chi connectivity index (χ4n) is 9.19. The second-order valence-corrected chi connectivity index (χ2v) is 19.3. The monoisotopic (exact) mass is 1030 g/mol. The average Bonchev–Trinajstić information content (AvgIpc) is 4.05. The fraction of sp³-hybridized carbons (Fsp3) is 0.0141. The topological polar surface area (TPSA) is 59.1 Å². The molecule has 78 heavy (non-hydrogen) atoms. The molecule has 0 unspecified atom stereocenters. The lowest BCUT2D eigenvalue weighted by Crippen LogP contribution is -2.09. The molecule has 0 radical (unpaired) electrons. The van der Waals surface area contributed by atoms with Gasteiger partial charge in [-0.15, -0.1) is 11.3 Å². The first-order valence-corrected chi connectivity index (χ1v) is 26.3. The van der Waals surface area contributed by atoms with Gasteiger partial charge >= 0.3 is 11.9 Å². The van der Waals surface area contributed by atoms with E-state index in [0.29, 0.717) is 5.75 Å². The first-order chi connectivity index (χ1) is 38.2. The Morgan fingerprint density at radius 1 is 0.397 bits per heavy atom. The van der Waals surface area contributed by atoms with Gasteiger partial charge in [-0.2, -0.15) is 0 Å². The molecule has 1 aromatic heterocycles. The molecule has 0 aliphatic heterocycles. The predicted octanol–water partition coefficient (Wildman–Crippen LogP) is 19.3. The lowest BCUT2D eigenvalue weighted by atomic mass is 10.0. The van der Waals surface area contributed by atoms with Crippen LogP contribution in [0, 0.1) is 0 Å². The Hall–Kier alpha value is -10.1. The van der Waals surface area contributed by atoms with Crippen LogP contribution in [0.5, 0.6) is 5.75 Å². The number of hydrogen-bond acceptors (Lipinski definition) is 7. The summed E-state index contributed by atoms with van der Waals surface area (Å²) >= 11 is 1.77. The number of anilines is 6. The Bertz CT molecular complexity index is 3690. The highest BCUT2D eigenvalue weighted by Crippen LogP contribution is 2.42. The van der Waals surface area contributed by atoms with E-state index in [1.165, 1.54) is 32.0 Å². The third kappa shape index (κ3) is 12.0. The molecule has 7 heteroatoms. The van der Waals surface area contributed by atoms with Crippen LogP contribution in [-0.4, -0.2) is 11.9 Å². The van der Waals surface area contributed by atoms with Gasteiger partial charge in [0.15, 0.2) is 0 Å². The van der Waals surface area contributed by atoms with Crippen LogP contribution in [0.3, 0.4) is 0 Å². The van der Waals surface area contributed by atoms with Crippen LogP contribution in [0.4, 0.5) is 34.1 Å². The van der Waals surface area contributed by atoms with Gasteiger partial charge in [0.25, 0.3) is 0 Å². The smallest absolute Gasteiger partial charge is 0.335 e. The van der Waals surface area contributed by atoms with E-state index in [1.807, 2.05) is 43.3 Å². The standard InChI is InChI=1S/C71H54N2O4S/c1-5-51(19-18-50(4)76-70(74)6-2)54-20-34-61(35-21-54)72(64-40-26-57(27-41-64)58-32-46-67(47-33-58)77-71(75)7-3)65-42-28-59(29-43-65)68-48-49-69(78-68)60-30-44-66(45-31-60)73(62-36-22-55(23-37-62)52-14-10-8-11-15-52)63-38-24-56(25-39-63)53-16-12-9-13-17-53/h5-49H,2-4H2,1H3/b19-18-,51-5+. The van der Waals surface area contributed by atoms with Crippen molar-refractivity contribution in [1.82, 2.24) is 0 Å². The molecular weight excluding hydrogens is 977 g/mol. The SMILES string of the molecule is C=CC(=O)OC(=C)/C=C\C(=C/C)c1ccc(N(c2ccc(-c3ccc(OC(=O)C=C)cc3)cc2)c2ccc(-c3ccc(-c4ccc(N(c5ccc(-c6ccccc6)cc5)c5ccc(-c6ccccc6)cc5)cc4)s3)cc2)cc1. The molecule has 6 nitrogen and oxygen atoms in total. The summed E-state index contributed by atoms with van der Waals surface area (Å²) in [7, 11) is 0. The van der Waals surface area contributed by atoms with Crippen molar-refractivity contribution in [3.63, 3.8) is 0 Å². The van der Waals surface area contributed by atoms with E-state index in [9.17, 15) is 9.59 Å². The normalized spacial score (nSPS) is 11.2. The molecular formula is C71H54N2O4S. The molecule has 10 rings (SSSR count). The van der Waals surface area contributed by atoms with Crippen molar-refractivity contribution >= 4 is 63.0 Å². The van der Waals surface area contributed by atoms with Crippen molar-refractivity contribution in [2.75, 3.05) is 9.80 Å². The van der Waals surface area contributed by atoms with Crippen LogP contribution >= 0.6 is 11.3 Å². The summed E-state index contributed by atoms with van der Waals surface area (Å²) in [4.78, 5) is 30.4. The Kier molecular flexibility index (Phi) is 15.9. The van der Waals surface area contributed by atoms with Crippen LogP contribution in [0.1, 0.15) is 12.5 Å². The van der Waals surface area contributed by atoms with E-state index >= 15 is 0 Å². The maximum Gasteiger partial charge on any atom is 0.335 e. The number of allylic oxidation sites excluding steroid dienone is 4. The molecule has 0 fully saturated rings. The molecule has 0 aliphatic rings. The number of hydrogen-bond donors (Lipinski definition) is 0. The zero-order valence-corrected chi connectivity index (χ0v) is 43.9. The van der Waals surface area contributed by atoms with Gasteiger partial charge < -0.3 is 19.3 Å². The second kappa shape index (κ2) is 24.1. The lowest BCUT2D eigenvalue weighted by Gasteiger charge is -2.26. The number of benzene rings is 9. The second-order valence-electron chi connectivity index (χ2n) is 18.2. The molecule has 0 spiro atoms. The third-order valence-corrected chi connectivity index (χ3v) is 14.4. The number of esters is 2.